The zero-order chi connectivity index (χ0) is 21.2. The Morgan fingerprint density at radius 3 is 2.79 bits per heavy atom. The number of pyridine rings is 2. The van der Waals surface area contributed by atoms with Crippen molar-refractivity contribution in [2.75, 3.05) is 29.2 Å². The molecule has 2 heterocycles. The van der Waals surface area contributed by atoms with E-state index >= 15 is 0 Å². The number of rotatable bonds is 11. The predicted molar refractivity (Wildman–Crippen MR) is 120 cm³/mol. The quantitative estimate of drug-likeness (QED) is 0.480. The van der Waals surface area contributed by atoms with Crippen LogP contribution in [0.15, 0.2) is 18.3 Å². The molecule has 0 amide bonds. The molecule has 2 aromatic heterocycles. The predicted octanol–water partition coefficient (Wildman–Crippen LogP) is 3.52. The van der Waals surface area contributed by atoms with Gasteiger partial charge in [0.2, 0.25) is 0 Å². The van der Waals surface area contributed by atoms with Crippen LogP contribution in [0.3, 0.4) is 0 Å². The molecule has 0 aliphatic rings. The number of anilines is 3. The maximum absolute atomic E-state index is 11.5. The molecule has 0 aliphatic carbocycles. The van der Waals surface area contributed by atoms with Gasteiger partial charge in [-0.05, 0) is 56.2 Å². The number of hydrogen-bond donors (Lipinski definition) is 3. The molecule has 0 spiro atoms. The van der Waals surface area contributed by atoms with Crippen LogP contribution in [0.5, 0.6) is 0 Å². The van der Waals surface area contributed by atoms with Gasteiger partial charge in [0.05, 0.1) is 11.3 Å². The Balaban J connectivity index is 2.39. The van der Waals surface area contributed by atoms with E-state index in [4.69, 9.17) is 5.73 Å². The van der Waals surface area contributed by atoms with Crippen LogP contribution in [0, 0.1) is 11.3 Å². The Kier molecular flexibility index (Phi) is 8.90. The number of nitrogens with two attached hydrogens (primary N) is 1. The van der Waals surface area contributed by atoms with Gasteiger partial charge in [-0.2, -0.15) is 17.0 Å². The SMILES string of the molecule is CCc1cc(CCCN)c(Nc2cc(NC(C)CSC)c(C#N)cn2)nc1C=O. The van der Waals surface area contributed by atoms with E-state index < -0.39 is 0 Å². The Morgan fingerprint density at radius 1 is 1.38 bits per heavy atom. The molecule has 154 valence electrons. The normalized spacial score (nSPS) is 11.6. The maximum Gasteiger partial charge on any atom is 0.168 e. The number of hydrogen-bond acceptors (Lipinski definition) is 8. The molecule has 0 bridgehead atoms. The molecule has 29 heavy (non-hydrogen) atoms. The second-order valence-corrected chi connectivity index (χ2v) is 7.67. The van der Waals surface area contributed by atoms with Gasteiger partial charge in [0.25, 0.3) is 0 Å². The van der Waals surface area contributed by atoms with Gasteiger partial charge in [-0.15, -0.1) is 0 Å². The summed E-state index contributed by atoms with van der Waals surface area (Å²) in [6.07, 6.45) is 6.66. The minimum Gasteiger partial charge on any atom is -0.381 e. The minimum absolute atomic E-state index is 0.205. The van der Waals surface area contributed by atoms with Crippen LogP contribution >= 0.6 is 11.8 Å². The summed E-state index contributed by atoms with van der Waals surface area (Å²) in [6, 6.07) is 6.19. The van der Waals surface area contributed by atoms with E-state index in [2.05, 4.69) is 33.6 Å². The Labute approximate surface area is 176 Å². The number of nitriles is 1. The highest BCUT2D eigenvalue weighted by atomic mass is 32.2. The van der Waals surface area contributed by atoms with Crippen LogP contribution in [-0.4, -0.2) is 40.8 Å². The van der Waals surface area contributed by atoms with E-state index in [9.17, 15) is 10.1 Å². The minimum atomic E-state index is 0.205. The van der Waals surface area contributed by atoms with Crippen LogP contribution in [0.1, 0.15) is 47.4 Å². The first-order chi connectivity index (χ1) is 14.1. The van der Waals surface area contributed by atoms with Crippen molar-refractivity contribution in [2.45, 2.75) is 39.2 Å². The summed E-state index contributed by atoms with van der Waals surface area (Å²) in [5, 5.41) is 16.0. The fraction of sp³-hybridized carbons (Fsp3) is 0.429. The third-order valence-electron chi connectivity index (χ3n) is 4.45. The smallest absolute Gasteiger partial charge is 0.168 e. The average molecular weight is 413 g/mol. The zero-order valence-electron chi connectivity index (χ0n) is 17.2. The Hall–Kier alpha value is -2.63. The van der Waals surface area contributed by atoms with Crippen LogP contribution in [-0.2, 0) is 12.8 Å². The number of thioether (sulfide) groups is 1. The molecule has 7 nitrogen and oxygen atoms in total. The number of aldehydes is 1. The van der Waals surface area contributed by atoms with Gasteiger partial charge in [0.15, 0.2) is 6.29 Å². The summed E-state index contributed by atoms with van der Waals surface area (Å²) in [5.41, 5.74) is 9.21. The van der Waals surface area contributed by atoms with Gasteiger partial charge < -0.3 is 16.4 Å². The second-order valence-electron chi connectivity index (χ2n) is 6.76. The van der Waals surface area contributed by atoms with Crippen LogP contribution in [0.4, 0.5) is 17.3 Å². The number of aromatic nitrogens is 2. The molecule has 2 aromatic rings. The topological polar surface area (TPSA) is 117 Å². The molecule has 0 radical (unpaired) electrons. The summed E-state index contributed by atoms with van der Waals surface area (Å²) >= 11 is 1.74. The molecule has 0 saturated carbocycles. The fourth-order valence-corrected chi connectivity index (χ4v) is 3.59. The van der Waals surface area contributed by atoms with Crippen molar-refractivity contribution in [3.8, 4) is 6.07 Å². The van der Waals surface area contributed by atoms with E-state index in [-0.39, 0.29) is 6.04 Å². The number of carbonyl (C=O) groups excluding carboxylic acids is 1. The van der Waals surface area contributed by atoms with Crippen molar-refractivity contribution in [3.63, 3.8) is 0 Å². The van der Waals surface area contributed by atoms with Gasteiger partial charge in [0, 0.05) is 24.1 Å². The van der Waals surface area contributed by atoms with Gasteiger partial charge in [0.1, 0.15) is 23.4 Å². The van der Waals surface area contributed by atoms with Crippen molar-refractivity contribution in [2.24, 2.45) is 5.73 Å². The standard InChI is InChI=1S/C21H28N6OS/c1-4-15-8-16(6-5-7-22)21(26-19(15)12-28)27-20-9-18(17(10-23)11-24-20)25-14(2)13-29-3/h8-9,11-12,14H,4-7,13,22H2,1-3H3,(H2,24,25,26,27). The lowest BCUT2D eigenvalue weighted by molar-refractivity contribution is 0.111. The van der Waals surface area contributed by atoms with Gasteiger partial charge in [-0.25, -0.2) is 9.97 Å². The monoisotopic (exact) mass is 412 g/mol. The molecular formula is C21H28N6OS. The fourth-order valence-electron chi connectivity index (χ4n) is 3.00. The summed E-state index contributed by atoms with van der Waals surface area (Å²) < 4.78 is 0. The highest BCUT2D eigenvalue weighted by Gasteiger charge is 2.13. The van der Waals surface area contributed by atoms with Crippen LogP contribution < -0.4 is 16.4 Å². The zero-order valence-corrected chi connectivity index (χ0v) is 18.0. The van der Waals surface area contributed by atoms with Gasteiger partial charge in [-0.3, -0.25) is 4.79 Å². The molecule has 0 saturated heterocycles. The number of nitrogens with zero attached hydrogens (tertiary/aromatic N) is 3. The second kappa shape index (κ2) is 11.4. The average Bonchev–Trinajstić information content (AvgIpc) is 2.72. The van der Waals surface area contributed by atoms with E-state index in [0.717, 1.165) is 48.1 Å². The molecule has 4 N–H and O–H groups in total. The summed E-state index contributed by atoms with van der Waals surface area (Å²) in [4.78, 5) is 20.3. The van der Waals surface area contributed by atoms with Gasteiger partial charge >= 0.3 is 0 Å². The molecule has 0 fully saturated rings. The molecule has 0 aromatic carbocycles. The lowest BCUT2D eigenvalue weighted by Gasteiger charge is -2.17. The Morgan fingerprint density at radius 2 is 2.17 bits per heavy atom. The molecule has 1 unspecified atom stereocenters. The highest BCUT2D eigenvalue weighted by Crippen LogP contribution is 2.25. The van der Waals surface area contributed by atoms with E-state index in [1.54, 1.807) is 17.8 Å². The molecule has 0 aliphatic heterocycles. The largest absolute Gasteiger partial charge is 0.381 e. The van der Waals surface area contributed by atoms with E-state index in [1.165, 1.54) is 6.20 Å². The van der Waals surface area contributed by atoms with Crippen LogP contribution in [0.2, 0.25) is 0 Å². The van der Waals surface area contributed by atoms with Crippen molar-refractivity contribution >= 4 is 35.4 Å². The van der Waals surface area contributed by atoms with E-state index in [1.807, 2.05) is 19.2 Å². The maximum atomic E-state index is 11.5. The first-order valence-electron chi connectivity index (χ1n) is 9.66. The first kappa shape index (κ1) is 22.7. The van der Waals surface area contributed by atoms with Crippen molar-refractivity contribution in [1.29, 1.82) is 5.26 Å². The molecule has 1 atom stereocenters. The third-order valence-corrected chi connectivity index (χ3v) is 5.28. The Bertz CT molecular complexity index is 880. The molecule has 2 rings (SSSR count). The lowest BCUT2D eigenvalue weighted by Crippen LogP contribution is -2.18. The molecular weight excluding hydrogens is 384 g/mol. The summed E-state index contributed by atoms with van der Waals surface area (Å²) in [6.45, 7) is 4.64. The number of nitrogens with one attached hydrogen (secondary N) is 2. The van der Waals surface area contributed by atoms with E-state index in [0.29, 0.717) is 29.4 Å². The van der Waals surface area contributed by atoms with Crippen LogP contribution in [0.25, 0.3) is 0 Å². The van der Waals surface area contributed by atoms with Gasteiger partial charge in [-0.1, -0.05) is 6.92 Å². The summed E-state index contributed by atoms with van der Waals surface area (Å²) in [5.74, 6) is 2.07. The van der Waals surface area contributed by atoms with Crippen molar-refractivity contribution in [3.05, 3.63) is 40.7 Å². The lowest BCUT2D eigenvalue weighted by atomic mass is 10.0. The highest BCUT2D eigenvalue weighted by molar-refractivity contribution is 7.98. The number of aryl methyl sites for hydroxylation is 2. The summed E-state index contributed by atoms with van der Waals surface area (Å²) in [7, 11) is 0. The third kappa shape index (κ3) is 6.17. The van der Waals surface area contributed by atoms with Crippen molar-refractivity contribution in [1.82, 2.24) is 9.97 Å². The first-order valence-corrected chi connectivity index (χ1v) is 11.1. The van der Waals surface area contributed by atoms with Crippen molar-refractivity contribution < 1.29 is 4.79 Å². The molecule has 8 heteroatoms. The number of carbonyl (C=O) groups is 1.